The fourth-order valence-corrected chi connectivity index (χ4v) is 0. The van der Waals surface area contributed by atoms with Crippen LogP contribution in [0.25, 0.3) is 0 Å². The van der Waals surface area contributed by atoms with Gasteiger partial charge >= 0.3 is 134 Å². The van der Waals surface area contributed by atoms with Crippen molar-refractivity contribution in [2.24, 2.45) is 0 Å². The molecule has 0 aromatic heterocycles. The summed E-state index contributed by atoms with van der Waals surface area (Å²) in [5.74, 6) is 0. The topological polar surface area (TPSA) is 176 Å². The molecule has 0 fully saturated rings. The van der Waals surface area contributed by atoms with Crippen LogP contribution < -0.4 is 118 Å². The van der Waals surface area contributed by atoms with Crippen LogP contribution in [0.1, 0.15) is 5.71 Å². The largest absolute Gasteiger partial charge is 1.00 e. The molecular formula is CH14Na4O9P2. The first-order chi connectivity index (χ1) is 5.00. The van der Waals surface area contributed by atoms with Gasteiger partial charge in [-0.2, -0.15) is 0 Å². The third-order valence-corrected chi connectivity index (χ3v) is 0. The van der Waals surface area contributed by atoms with Crippen LogP contribution in [0.2, 0.25) is 0 Å². The summed E-state index contributed by atoms with van der Waals surface area (Å²) < 4.78 is 17.8. The van der Waals surface area contributed by atoms with Crippen LogP contribution in [0, 0.1) is 0 Å². The van der Waals surface area contributed by atoms with Crippen molar-refractivity contribution in [1.82, 2.24) is 0 Å². The van der Waals surface area contributed by atoms with Gasteiger partial charge in [0.25, 0.3) is 0 Å². The maximum absolute atomic E-state index is 8.88. The molecule has 0 saturated carbocycles. The number of aliphatic hydroxyl groups excluding tert-OH is 1. The van der Waals surface area contributed by atoms with E-state index in [9.17, 15) is 0 Å². The fraction of sp³-hybridized carbons (Fsp3) is 1.00. The summed E-state index contributed by atoms with van der Waals surface area (Å²) in [4.78, 5) is 43.1. The van der Waals surface area contributed by atoms with Crippen LogP contribution in [0.3, 0.4) is 0 Å². The second kappa shape index (κ2) is 24.2. The Morgan fingerprint density at radius 1 is 0.625 bits per heavy atom. The zero-order valence-corrected chi connectivity index (χ0v) is 19.6. The van der Waals surface area contributed by atoms with Gasteiger partial charge in [-0.15, -0.1) is 0 Å². The van der Waals surface area contributed by atoms with Gasteiger partial charge < -0.3 is 40.2 Å². The van der Waals surface area contributed by atoms with Crippen LogP contribution in [0.5, 0.6) is 0 Å². The van der Waals surface area contributed by atoms with E-state index in [0.717, 1.165) is 7.11 Å². The standard InChI is InChI=1S/CH4O.4Na.2H3O4P.4H/c1-2;;;;;2*1-5(2,3)4;;;;/h2H,1H3;;;;;2*(H3,1,2,3,4);;;;/q;4*+1;;;4*-1. The van der Waals surface area contributed by atoms with Crippen LogP contribution in [0.4, 0.5) is 0 Å². The molecule has 16 heavy (non-hydrogen) atoms. The maximum atomic E-state index is 8.88. The van der Waals surface area contributed by atoms with E-state index in [4.69, 9.17) is 43.6 Å². The first-order valence-electron chi connectivity index (χ1n) is 2.01. The molecule has 0 unspecified atom stereocenters. The minimum atomic E-state index is -4.64. The van der Waals surface area contributed by atoms with Gasteiger partial charge in [0.2, 0.25) is 0 Å². The van der Waals surface area contributed by atoms with Crippen molar-refractivity contribution in [3.05, 3.63) is 0 Å². The van der Waals surface area contributed by atoms with Crippen molar-refractivity contribution >= 4 is 15.6 Å². The molecule has 9 nitrogen and oxygen atoms in total. The number of phosphoric acid groups is 2. The second-order valence-electron chi connectivity index (χ2n) is 1.03. The third kappa shape index (κ3) is 307. The Morgan fingerprint density at radius 2 is 0.625 bits per heavy atom. The van der Waals surface area contributed by atoms with E-state index in [-0.39, 0.29) is 124 Å². The predicted molar refractivity (Wildman–Crippen MR) is 41.1 cm³/mol. The second-order valence-corrected chi connectivity index (χ2v) is 3.08. The maximum Gasteiger partial charge on any atom is 1.00 e. The van der Waals surface area contributed by atoms with Gasteiger partial charge in [-0.1, -0.05) is 0 Å². The first kappa shape index (κ1) is 42.7. The van der Waals surface area contributed by atoms with E-state index >= 15 is 0 Å². The van der Waals surface area contributed by atoms with Gasteiger partial charge in [0, 0.05) is 7.11 Å². The van der Waals surface area contributed by atoms with Crippen LogP contribution in [0.15, 0.2) is 0 Å². The number of rotatable bonds is 0. The van der Waals surface area contributed by atoms with E-state index < -0.39 is 15.6 Å². The summed E-state index contributed by atoms with van der Waals surface area (Å²) in [5, 5.41) is 7.00. The molecule has 0 bridgehead atoms. The van der Waals surface area contributed by atoms with Gasteiger partial charge in [0.05, 0.1) is 0 Å². The summed E-state index contributed by atoms with van der Waals surface area (Å²) in [7, 11) is -8.28. The average Bonchev–Trinajstić information content (AvgIpc) is 1.59. The minimum Gasteiger partial charge on any atom is -1.00 e. The SMILES string of the molecule is CO.O=P(O)(O)O.O=P(O)(O)O.[H-].[H-].[H-].[H-].[Na+].[Na+].[Na+].[Na+]. The normalized spacial score (nSPS) is 7.75. The zero-order chi connectivity index (χ0) is 11.0. The zero-order valence-electron chi connectivity index (χ0n) is 13.8. The van der Waals surface area contributed by atoms with Crippen LogP contribution in [-0.4, -0.2) is 41.6 Å². The van der Waals surface area contributed by atoms with E-state index in [1.807, 2.05) is 0 Å². The molecule has 0 spiro atoms. The predicted octanol–water partition coefficient (Wildman–Crippen LogP) is -13.8. The molecule has 0 aliphatic rings. The Hall–Kier alpha value is 4.18. The van der Waals surface area contributed by atoms with E-state index in [1.165, 1.54) is 0 Å². The molecular weight excluding hydrogens is 310 g/mol. The summed E-state index contributed by atoms with van der Waals surface area (Å²) in [6.07, 6.45) is 0. The molecule has 0 saturated heterocycles. The molecule has 15 heteroatoms. The Labute approximate surface area is 187 Å². The van der Waals surface area contributed by atoms with Gasteiger partial charge in [-0.25, -0.2) is 9.13 Å². The molecule has 0 rings (SSSR count). The molecule has 0 radical (unpaired) electrons. The molecule has 86 valence electrons. The van der Waals surface area contributed by atoms with Crippen molar-refractivity contribution in [3.8, 4) is 0 Å². The molecule has 0 aliphatic carbocycles. The molecule has 0 atom stereocenters. The quantitative estimate of drug-likeness (QED) is 0.168. The molecule has 7 N–H and O–H groups in total. The Morgan fingerprint density at radius 3 is 0.625 bits per heavy atom. The average molecular weight is 324 g/mol. The monoisotopic (exact) mass is 324 g/mol. The Kier molecular flexibility index (Phi) is 64.7. The number of hydrogen-bond acceptors (Lipinski definition) is 3. The third-order valence-electron chi connectivity index (χ3n) is 0. The van der Waals surface area contributed by atoms with Crippen molar-refractivity contribution in [1.29, 1.82) is 0 Å². The smallest absolute Gasteiger partial charge is 1.00 e. The summed E-state index contributed by atoms with van der Waals surface area (Å²) in [5.41, 5.74) is 0. The summed E-state index contributed by atoms with van der Waals surface area (Å²) in [6.45, 7) is 0. The molecule has 0 amide bonds. The van der Waals surface area contributed by atoms with Crippen LogP contribution in [-0.2, 0) is 9.13 Å². The molecule has 0 aromatic rings. The van der Waals surface area contributed by atoms with Gasteiger partial charge in [0.1, 0.15) is 0 Å². The molecule has 0 aliphatic heterocycles. The van der Waals surface area contributed by atoms with Gasteiger partial charge in [-0.3, -0.25) is 0 Å². The van der Waals surface area contributed by atoms with Crippen molar-refractivity contribution in [2.75, 3.05) is 7.11 Å². The molecule has 0 aromatic carbocycles. The number of aliphatic hydroxyl groups is 1. The number of hydrogen-bond donors (Lipinski definition) is 7. The van der Waals surface area contributed by atoms with E-state index in [1.54, 1.807) is 0 Å². The first-order valence-corrected chi connectivity index (χ1v) is 5.14. The van der Waals surface area contributed by atoms with Crippen molar-refractivity contribution in [2.45, 2.75) is 0 Å². The van der Waals surface area contributed by atoms with Gasteiger partial charge in [-0.05, 0) is 0 Å². The van der Waals surface area contributed by atoms with Gasteiger partial charge in [0.15, 0.2) is 0 Å². The minimum absolute atomic E-state index is 0. The molecule has 0 heterocycles. The Balaban J connectivity index is -0.00000000589. The van der Waals surface area contributed by atoms with E-state index in [2.05, 4.69) is 0 Å². The van der Waals surface area contributed by atoms with E-state index in [0.29, 0.717) is 0 Å². The fourth-order valence-electron chi connectivity index (χ4n) is 0. The van der Waals surface area contributed by atoms with Crippen LogP contribution >= 0.6 is 15.6 Å². The van der Waals surface area contributed by atoms with Crippen molar-refractivity contribution < 1.29 is 168 Å². The van der Waals surface area contributed by atoms with Crippen molar-refractivity contribution in [3.63, 3.8) is 0 Å². The Bertz CT molecular complexity index is 152. The summed E-state index contributed by atoms with van der Waals surface area (Å²) >= 11 is 0. The summed E-state index contributed by atoms with van der Waals surface area (Å²) in [6, 6.07) is 0.